The first-order chi connectivity index (χ1) is 7.86. The van der Waals surface area contributed by atoms with Gasteiger partial charge in [-0.15, -0.1) is 0 Å². The van der Waals surface area contributed by atoms with E-state index < -0.39 is 0 Å². The van der Waals surface area contributed by atoms with Gasteiger partial charge in [-0.25, -0.2) is 4.98 Å². The van der Waals surface area contributed by atoms with Gasteiger partial charge in [0.2, 0.25) is 0 Å². The van der Waals surface area contributed by atoms with Crippen LogP contribution in [0.4, 0.5) is 0 Å². The van der Waals surface area contributed by atoms with E-state index in [1.807, 2.05) is 31.6 Å². The molecule has 0 aliphatic carbocycles. The van der Waals surface area contributed by atoms with Gasteiger partial charge >= 0.3 is 0 Å². The minimum absolute atomic E-state index is 0.0246. The lowest BCUT2D eigenvalue weighted by molar-refractivity contribution is 0.441. The van der Waals surface area contributed by atoms with Crippen molar-refractivity contribution in [1.29, 1.82) is 0 Å². The largest absolute Gasteiger partial charge is 0.467 e. The molecule has 16 heavy (non-hydrogen) atoms. The number of hydrogen-bond donors (Lipinski definition) is 1. The summed E-state index contributed by atoms with van der Waals surface area (Å²) >= 11 is 0. The maximum atomic E-state index is 5.43. The topological polar surface area (TPSA) is 43.0 Å². The second-order valence-electron chi connectivity index (χ2n) is 3.72. The molecule has 1 N–H and O–H groups in total. The lowest BCUT2D eigenvalue weighted by Crippen LogP contribution is -2.21. The summed E-state index contributed by atoms with van der Waals surface area (Å²) in [6.07, 6.45) is 6.62. The summed E-state index contributed by atoms with van der Waals surface area (Å²) in [6, 6.07) is 3.88. The van der Waals surface area contributed by atoms with Gasteiger partial charge in [-0.05, 0) is 25.6 Å². The summed E-state index contributed by atoms with van der Waals surface area (Å²) in [4.78, 5) is 4.40. The molecule has 2 rings (SSSR count). The number of nitrogens with zero attached hydrogens (tertiary/aromatic N) is 2. The normalized spacial score (nSPS) is 12.9. The Kier molecular flexibility index (Phi) is 3.41. The van der Waals surface area contributed by atoms with Crippen molar-refractivity contribution in [2.45, 2.75) is 25.9 Å². The minimum Gasteiger partial charge on any atom is -0.467 e. The molecule has 86 valence electrons. The van der Waals surface area contributed by atoms with Crippen molar-refractivity contribution < 1.29 is 4.42 Å². The highest BCUT2D eigenvalue weighted by molar-refractivity contribution is 5.15. The summed E-state index contributed by atoms with van der Waals surface area (Å²) in [5, 5.41) is 3.23. The first-order valence-corrected chi connectivity index (χ1v) is 5.58. The zero-order valence-electron chi connectivity index (χ0n) is 9.68. The van der Waals surface area contributed by atoms with E-state index in [-0.39, 0.29) is 6.04 Å². The second kappa shape index (κ2) is 4.99. The Morgan fingerprint density at radius 3 is 3.06 bits per heavy atom. The highest BCUT2D eigenvalue weighted by Crippen LogP contribution is 2.20. The van der Waals surface area contributed by atoms with Crippen LogP contribution in [0.15, 0.2) is 35.2 Å². The van der Waals surface area contributed by atoms with Crippen molar-refractivity contribution in [2.24, 2.45) is 0 Å². The Balaban J connectivity index is 2.30. The third kappa shape index (κ3) is 2.02. The SMILES string of the molecule is CCCn1ccnc1C(NC)c1ccco1. The van der Waals surface area contributed by atoms with Crippen LogP contribution in [0.1, 0.15) is 31.0 Å². The lowest BCUT2D eigenvalue weighted by atomic mass is 10.2. The van der Waals surface area contributed by atoms with Crippen LogP contribution >= 0.6 is 0 Å². The molecular weight excluding hydrogens is 202 g/mol. The van der Waals surface area contributed by atoms with E-state index in [2.05, 4.69) is 21.8 Å². The Labute approximate surface area is 95.3 Å². The second-order valence-corrected chi connectivity index (χ2v) is 3.72. The number of furan rings is 1. The molecule has 2 aromatic heterocycles. The van der Waals surface area contributed by atoms with Crippen LogP contribution in [0.5, 0.6) is 0 Å². The molecule has 2 heterocycles. The zero-order valence-corrected chi connectivity index (χ0v) is 9.68. The van der Waals surface area contributed by atoms with E-state index in [1.165, 1.54) is 0 Å². The molecule has 0 saturated carbocycles. The Morgan fingerprint density at radius 1 is 1.56 bits per heavy atom. The highest BCUT2D eigenvalue weighted by Gasteiger charge is 2.19. The first kappa shape index (κ1) is 11.0. The number of hydrogen-bond acceptors (Lipinski definition) is 3. The maximum Gasteiger partial charge on any atom is 0.133 e. The maximum absolute atomic E-state index is 5.43. The molecule has 0 bridgehead atoms. The summed E-state index contributed by atoms with van der Waals surface area (Å²) in [5.74, 6) is 1.89. The third-order valence-corrected chi connectivity index (χ3v) is 2.59. The molecule has 0 aliphatic rings. The number of aromatic nitrogens is 2. The summed E-state index contributed by atoms with van der Waals surface area (Å²) in [6.45, 7) is 3.14. The van der Waals surface area contributed by atoms with Gasteiger partial charge in [0.05, 0.1) is 6.26 Å². The lowest BCUT2D eigenvalue weighted by Gasteiger charge is -2.15. The highest BCUT2D eigenvalue weighted by atomic mass is 16.3. The molecule has 1 unspecified atom stereocenters. The zero-order chi connectivity index (χ0) is 11.4. The van der Waals surface area contributed by atoms with Crippen molar-refractivity contribution in [3.05, 3.63) is 42.4 Å². The van der Waals surface area contributed by atoms with Crippen LogP contribution in [0.3, 0.4) is 0 Å². The monoisotopic (exact) mass is 219 g/mol. The van der Waals surface area contributed by atoms with E-state index in [0.29, 0.717) is 0 Å². The van der Waals surface area contributed by atoms with Gasteiger partial charge in [-0.3, -0.25) is 0 Å². The number of nitrogens with one attached hydrogen (secondary N) is 1. The molecule has 4 heteroatoms. The fourth-order valence-corrected chi connectivity index (χ4v) is 1.87. The van der Waals surface area contributed by atoms with Gasteiger partial charge in [0, 0.05) is 18.9 Å². The smallest absolute Gasteiger partial charge is 0.133 e. The fourth-order valence-electron chi connectivity index (χ4n) is 1.87. The molecule has 0 aromatic carbocycles. The molecule has 1 atom stereocenters. The molecule has 0 spiro atoms. The molecule has 0 saturated heterocycles. The van der Waals surface area contributed by atoms with Gasteiger partial charge in [0.25, 0.3) is 0 Å². The van der Waals surface area contributed by atoms with Crippen LogP contribution in [0.2, 0.25) is 0 Å². The van der Waals surface area contributed by atoms with E-state index in [4.69, 9.17) is 4.42 Å². The molecule has 0 amide bonds. The molecule has 2 aromatic rings. The fraction of sp³-hybridized carbons (Fsp3) is 0.417. The molecule has 0 radical (unpaired) electrons. The standard InChI is InChI=1S/C12H17N3O/c1-3-7-15-8-6-14-12(15)11(13-2)10-5-4-9-16-10/h4-6,8-9,11,13H,3,7H2,1-2H3. The van der Waals surface area contributed by atoms with Crippen molar-refractivity contribution in [1.82, 2.24) is 14.9 Å². The van der Waals surface area contributed by atoms with Crippen LogP contribution in [0.25, 0.3) is 0 Å². The van der Waals surface area contributed by atoms with E-state index in [1.54, 1.807) is 6.26 Å². The van der Waals surface area contributed by atoms with Crippen LogP contribution in [0, 0.1) is 0 Å². The van der Waals surface area contributed by atoms with Crippen molar-refractivity contribution >= 4 is 0 Å². The number of rotatable bonds is 5. The Hall–Kier alpha value is -1.55. The van der Waals surface area contributed by atoms with Gasteiger partial charge in [-0.2, -0.15) is 0 Å². The summed E-state index contributed by atoms with van der Waals surface area (Å²) < 4.78 is 7.58. The Bertz CT molecular complexity index is 419. The van der Waals surface area contributed by atoms with Gasteiger partial charge in [-0.1, -0.05) is 6.92 Å². The van der Waals surface area contributed by atoms with E-state index in [0.717, 1.165) is 24.6 Å². The van der Waals surface area contributed by atoms with Crippen molar-refractivity contribution in [3.63, 3.8) is 0 Å². The predicted molar refractivity (Wildman–Crippen MR) is 62.1 cm³/mol. The third-order valence-electron chi connectivity index (χ3n) is 2.59. The first-order valence-electron chi connectivity index (χ1n) is 5.58. The molecule has 4 nitrogen and oxygen atoms in total. The van der Waals surface area contributed by atoms with Crippen LogP contribution < -0.4 is 5.32 Å². The van der Waals surface area contributed by atoms with Gasteiger partial charge in [0.15, 0.2) is 0 Å². The van der Waals surface area contributed by atoms with E-state index >= 15 is 0 Å². The summed E-state index contributed by atoms with van der Waals surface area (Å²) in [7, 11) is 1.91. The van der Waals surface area contributed by atoms with Crippen LogP contribution in [-0.4, -0.2) is 16.6 Å². The Morgan fingerprint density at radius 2 is 2.44 bits per heavy atom. The molecule has 0 aliphatic heterocycles. The molecular formula is C12H17N3O. The quantitative estimate of drug-likeness (QED) is 0.838. The van der Waals surface area contributed by atoms with Gasteiger partial charge in [0.1, 0.15) is 17.6 Å². The van der Waals surface area contributed by atoms with Crippen molar-refractivity contribution in [2.75, 3.05) is 7.05 Å². The van der Waals surface area contributed by atoms with E-state index in [9.17, 15) is 0 Å². The average Bonchev–Trinajstić information content (AvgIpc) is 2.92. The van der Waals surface area contributed by atoms with Crippen LogP contribution in [-0.2, 0) is 6.54 Å². The number of imidazole rings is 1. The summed E-state index contributed by atoms with van der Waals surface area (Å²) in [5.41, 5.74) is 0. The minimum atomic E-state index is 0.0246. The average molecular weight is 219 g/mol. The van der Waals surface area contributed by atoms with Gasteiger partial charge < -0.3 is 14.3 Å². The number of aryl methyl sites for hydroxylation is 1. The predicted octanol–water partition coefficient (Wildman–Crippen LogP) is 2.19. The van der Waals surface area contributed by atoms with Crippen molar-refractivity contribution in [3.8, 4) is 0 Å². The molecule has 0 fully saturated rings.